The summed E-state index contributed by atoms with van der Waals surface area (Å²) in [4.78, 5) is 23.1. The largest absolute Gasteiger partial charge is 0.483 e. The van der Waals surface area contributed by atoms with Gasteiger partial charge in [-0.2, -0.15) is 0 Å². The van der Waals surface area contributed by atoms with Crippen LogP contribution in [0, 0.1) is 17.0 Å². The van der Waals surface area contributed by atoms with Gasteiger partial charge in [0.05, 0.1) is 4.92 Å². The Morgan fingerprint density at radius 2 is 1.80 bits per heavy atom. The minimum atomic E-state index is -4.30. The quantitative estimate of drug-likeness (QED) is 0.562. The van der Waals surface area contributed by atoms with E-state index in [2.05, 4.69) is 0 Å². The summed E-state index contributed by atoms with van der Waals surface area (Å²) in [6.07, 6.45) is 0. The van der Waals surface area contributed by atoms with Crippen molar-refractivity contribution in [2.45, 2.75) is 11.8 Å². The zero-order chi connectivity index (χ0) is 18.4. The highest BCUT2D eigenvalue weighted by Crippen LogP contribution is 2.22. The summed E-state index contributed by atoms with van der Waals surface area (Å²) < 4.78 is 29.5. The molecule has 9 nitrogen and oxygen atoms in total. The smallest absolute Gasteiger partial charge is 0.289 e. The summed E-state index contributed by atoms with van der Waals surface area (Å²) in [5.74, 6) is -0.274. The number of hydrogen-bond acceptors (Lipinski definition) is 6. The molecule has 1 amide bonds. The third kappa shape index (κ3) is 4.75. The van der Waals surface area contributed by atoms with Crippen LogP contribution in [0.5, 0.6) is 5.75 Å². The molecule has 0 fully saturated rings. The molecular weight excluding hydrogens is 350 g/mol. The number of amides is 1. The molecule has 10 heteroatoms. The van der Waals surface area contributed by atoms with Crippen molar-refractivity contribution in [1.29, 1.82) is 0 Å². The topological polar surface area (TPSA) is 128 Å². The number of sulfonamides is 1. The van der Waals surface area contributed by atoms with Crippen LogP contribution in [0.4, 0.5) is 5.69 Å². The Labute approximate surface area is 143 Å². The van der Waals surface area contributed by atoms with E-state index in [0.717, 1.165) is 17.7 Å². The van der Waals surface area contributed by atoms with Crippen molar-refractivity contribution in [3.05, 3.63) is 64.2 Å². The molecule has 2 aromatic carbocycles. The molecule has 0 aliphatic carbocycles. The first kappa shape index (κ1) is 18.4. The number of hydrogen-bond donors (Lipinski definition) is 2. The Balaban J connectivity index is 1.99. The SMILES string of the molecule is Cc1ccccc1OCC(=O)NNS(=O)(=O)c1ccccc1[N+](=O)[O-]. The molecule has 25 heavy (non-hydrogen) atoms. The Hall–Kier alpha value is -2.98. The maximum Gasteiger partial charge on any atom is 0.289 e. The molecule has 0 aromatic heterocycles. The third-order valence-corrected chi connectivity index (χ3v) is 4.42. The van der Waals surface area contributed by atoms with Gasteiger partial charge in [-0.1, -0.05) is 30.3 Å². The van der Waals surface area contributed by atoms with Crippen molar-refractivity contribution in [3.8, 4) is 5.75 Å². The van der Waals surface area contributed by atoms with E-state index in [1.165, 1.54) is 12.1 Å². The summed E-state index contributed by atoms with van der Waals surface area (Å²) in [7, 11) is -4.30. The van der Waals surface area contributed by atoms with Crippen molar-refractivity contribution in [1.82, 2.24) is 10.3 Å². The van der Waals surface area contributed by atoms with Crippen LogP contribution in [-0.4, -0.2) is 25.9 Å². The predicted octanol–water partition coefficient (Wildman–Crippen LogP) is 1.29. The standard InChI is InChI=1S/C15H15N3O6S/c1-11-6-2-4-8-13(11)24-10-15(19)16-17-25(22,23)14-9-5-3-7-12(14)18(20)21/h2-9,17H,10H2,1H3,(H,16,19). The van der Waals surface area contributed by atoms with E-state index < -0.39 is 38.0 Å². The van der Waals surface area contributed by atoms with Crippen LogP contribution in [-0.2, 0) is 14.8 Å². The fourth-order valence-electron chi connectivity index (χ4n) is 1.91. The number of carbonyl (C=O) groups excluding carboxylic acids is 1. The molecule has 0 aliphatic heterocycles. The number of hydrazine groups is 1. The van der Waals surface area contributed by atoms with Gasteiger partial charge in [0.1, 0.15) is 5.75 Å². The highest BCUT2D eigenvalue weighted by atomic mass is 32.2. The Morgan fingerprint density at radius 1 is 1.16 bits per heavy atom. The van der Waals surface area contributed by atoms with Crippen LogP contribution in [0.1, 0.15) is 5.56 Å². The first-order chi connectivity index (χ1) is 11.8. The van der Waals surface area contributed by atoms with E-state index in [1.807, 2.05) is 16.3 Å². The maximum absolute atomic E-state index is 12.1. The summed E-state index contributed by atoms with van der Waals surface area (Å²) >= 11 is 0. The molecule has 0 heterocycles. The van der Waals surface area contributed by atoms with Crippen molar-refractivity contribution < 1.29 is 22.9 Å². The average Bonchev–Trinajstić information content (AvgIpc) is 2.59. The summed E-state index contributed by atoms with van der Waals surface area (Å²) in [6, 6.07) is 11.8. The van der Waals surface area contributed by atoms with E-state index in [9.17, 15) is 23.3 Å². The van der Waals surface area contributed by atoms with Gasteiger partial charge in [-0.3, -0.25) is 20.3 Å². The second-order valence-corrected chi connectivity index (χ2v) is 6.58. The minimum absolute atomic E-state index is 0.426. The van der Waals surface area contributed by atoms with Gasteiger partial charge in [0.25, 0.3) is 21.6 Å². The number of ether oxygens (including phenoxy) is 1. The lowest BCUT2D eigenvalue weighted by molar-refractivity contribution is -0.387. The molecule has 2 rings (SSSR count). The van der Waals surface area contributed by atoms with Crippen molar-refractivity contribution >= 4 is 21.6 Å². The van der Waals surface area contributed by atoms with Crippen molar-refractivity contribution in [2.75, 3.05) is 6.61 Å². The van der Waals surface area contributed by atoms with Crippen LogP contribution in [0.15, 0.2) is 53.4 Å². The first-order valence-corrected chi connectivity index (χ1v) is 8.52. The summed E-state index contributed by atoms with van der Waals surface area (Å²) in [5.41, 5.74) is 2.17. The first-order valence-electron chi connectivity index (χ1n) is 7.04. The lowest BCUT2D eigenvalue weighted by Gasteiger charge is -2.10. The summed E-state index contributed by atoms with van der Waals surface area (Å²) in [6.45, 7) is 1.37. The van der Waals surface area contributed by atoms with Gasteiger partial charge >= 0.3 is 0 Å². The minimum Gasteiger partial charge on any atom is -0.483 e. The van der Waals surface area contributed by atoms with Crippen LogP contribution in [0.2, 0.25) is 0 Å². The molecule has 0 saturated carbocycles. The molecule has 0 saturated heterocycles. The zero-order valence-electron chi connectivity index (χ0n) is 13.1. The van der Waals surface area contributed by atoms with E-state index in [1.54, 1.807) is 25.1 Å². The van der Waals surface area contributed by atoms with Gasteiger partial charge in [-0.05, 0) is 24.6 Å². The number of nitro benzene ring substituents is 1. The highest BCUT2D eigenvalue weighted by Gasteiger charge is 2.25. The monoisotopic (exact) mass is 365 g/mol. The third-order valence-electron chi connectivity index (χ3n) is 3.13. The maximum atomic E-state index is 12.1. The lowest BCUT2D eigenvalue weighted by Crippen LogP contribution is -2.43. The molecule has 132 valence electrons. The highest BCUT2D eigenvalue weighted by molar-refractivity contribution is 7.89. The number of nitro groups is 1. The van der Waals surface area contributed by atoms with Gasteiger partial charge in [-0.25, -0.2) is 8.42 Å². The molecule has 0 unspecified atom stereocenters. The number of aryl methyl sites for hydroxylation is 1. The van der Waals surface area contributed by atoms with Gasteiger partial charge in [0.15, 0.2) is 11.5 Å². The molecule has 0 spiro atoms. The number of nitrogens with zero attached hydrogens (tertiary/aromatic N) is 1. The van der Waals surface area contributed by atoms with Crippen molar-refractivity contribution in [3.63, 3.8) is 0 Å². The average molecular weight is 365 g/mol. The van der Waals surface area contributed by atoms with Crippen LogP contribution >= 0.6 is 0 Å². The number of carbonyl (C=O) groups is 1. The van der Waals surface area contributed by atoms with E-state index in [0.29, 0.717) is 5.75 Å². The Kier molecular flexibility index (Phi) is 5.67. The molecular formula is C15H15N3O6S. The Bertz CT molecular complexity index is 898. The predicted molar refractivity (Wildman–Crippen MR) is 88.2 cm³/mol. The van der Waals surface area contributed by atoms with E-state index in [-0.39, 0.29) is 0 Å². The lowest BCUT2D eigenvalue weighted by atomic mass is 10.2. The second-order valence-electron chi connectivity index (χ2n) is 4.93. The number of benzene rings is 2. The molecule has 2 N–H and O–H groups in total. The van der Waals surface area contributed by atoms with E-state index >= 15 is 0 Å². The number of rotatable bonds is 7. The van der Waals surface area contributed by atoms with Gasteiger partial charge in [0.2, 0.25) is 0 Å². The second kappa shape index (κ2) is 7.73. The molecule has 0 atom stereocenters. The normalized spacial score (nSPS) is 10.9. The van der Waals surface area contributed by atoms with Crippen LogP contribution in [0.25, 0.3) is 0 Å². The summed E-state index contributed by atoms with van der Waals surface area (Å²) in [5, 5.41) is 10.9. The van der Waals surface area contributed by atoms with Gasteiger partial charge < -0.3 is 4.74 Å². The Morgan fingerprint density at radius 3 is 2.48 bits per heavy atom. The number of para-hydroxylation sites is 2. The van der Waals surface area contributed by atoms with Crippen molar-refractivity contribution in [2.24, 2.45) is 0 Å². The fourth-order valence-corrected chi connectivity index (χ4v) is 2.95. The van der Waals surface area contributed by atoms with Crippen LogP contribution < -0.4 is 15.0 Å². The molecule has 0 aliphatic rings. The zero-order valence-corrected chi connectivity index (χ0v) is 13.9. The van der Waals surface area contributed by atoms with E-state index in [4.69, 9.17) is 4.74 Å². The number of nitrogens with one attached hydrogen (secondary N) is 2. The molecule has 2 aromatic rings. The fraction of sp³-hybridized carbons (Fsp3) is 0.133. The van der Waals surface area contributed by atoms with Crippen LogP contribution in [0.3, 0.4) is 0 Å². The van der Waals surface area contributed by atoms with Gasteiger partial charge in [-0.15, -0.1) is 4.83 Å². The van der Waals surface area contributed by atoms with Gasteiger partial charge in [0, 0.05) is 6.07 Å². The molecule has 0 radical (unpaired) electrons. The molecule has 0 bridgehead atoms.